The zero-order chi connectivity index (χ0) is 14.8. The molecule has 0 spiro atoms. The maximum absolute atomic E-state index is 11.8. The lowest BCUT2D eigenvalue weighted by Crippen LogP contribution is -2.37. The van der Waals surface area contributed by atoms with Crippen LogP contribution in [0.3, 0.4) is 0 Å². The van der Waals surface area contributed by atoms with Crippen LogP contribution in [-0.2, 0) is 20.5 Å². The van der Waals surface area contributed by atoms with E-state index in [1.807, 2.05) is 38.1 Å². The van der Waals surface area contributed by atoms with Crippen LogP contribution < -0.4 is 0 Å². The highest BCUT2D eigenvalue weighted by molar-refractivity contribution is 5.81. The molecule has 0 aromatic heterocycles. The van der Waals surface area contributed by atoms with Crippen LogP contribution in [0.5, 0.6) is 0 Å². The average molecular weight is 276 g/mol. The van der Waals surface area contributed by atoms with Crippen molar-refractivity contribution < 1.29 is 14.6 Å². The third kappa shape index (κ3) is 2.59. The minimum atomic E-state index is -0.687. The predicted molar refractivity (Wildman–Crippen MR) is 78.9 cm³/mol. The molecule has 0 saturated heterocycles. The summed E-state index contributed by atoms with van der Waals surface area (Å²) < 4.78 is 5.47. The molecule has 0 aliphatic heterocycles. The van der Waals surface area contributed by atoms with E-state index in [0.717, 1.165) is 43.2 Å². The molecule has 0 amide bonds. The molecule has 110 valence electrons. The molecule has 3 heteroatoms. The molecule has 0 bridgehead atoms. The fourth-order valence-electron chi connectivity index (χ4n) is 3.09. The van der Waals surface area contributed by atoms with Crippen molar-refractivity contribution in [1.82, 2.24) is 0 Å². The van der Waals surface area contributed by atoms with E-state index in [2.05, 4.69) is 0 Å². The predicted octanol–water partition coefficient (Wildman–Crippen LogP) is 3.85. The third-order valence-electron chi connectivity index (χ3n) is 4.76. The molecule has 3 nitrogen and oxygen atoms in total. The smallest absolute Gasteiger partial charge is 0.314 e. The number of hydrogen-bond acceptors (Lipinski definition) is 2. The molecule has 20 heavy (non-hydrogen) atoms. The second-order valence-electron chi connectivity index (χ2n) is 6.24. The summed E-state index contributed by atoms with van der Waals surface area (Å²) in [5.74, 6) is -0.684. The Balaban J connectivity index is 2.34. The summed E-state index contributed by atoms with van der Waals surface area (Å²) >= 11 is 0. The summed E-state index contributed by atoms with van der Waals surface area (Å²) in [7, 11) is 1.69. The van der Waals surface area contributed by atoms with Gasteiger partial charge in [0.05, 0.1) is 11.0 Å². The molecule has 1 aliphatic rings. The Morgan fingerprint density at radius 1 is 1.15 bits per heavy atom. The first-order chi connectivity index (χ1) is 9.42. The molecule has 1 saturated carbocycles. The second kappa shape index (κ2) is 5.57. The molecule has 1 aliphatic carbocycles. The number of carboxylic acids is 1. The van der Waals surface area contributed by atoms with Gasteiger partial charge in [-0.05, 0) is 37.8 Å². The second-order valence-corrected chi connectivity index (χ2v) is 6.24. The van der Waals surface area contributed by atoms with Crippen molar-refractivity contribution in [2.75, 3.05) is 7.11 Å². The Morgan fingerprint density at radius 2 is 1.70 bits per heavy atom. The minimum absolute atomic E-state index is 0.346. The Kier molecular flexibility index (Phi) is 4.19. The summed E-state index contributed by atoms with van der Waals surface area (Å²) in [5, 5.41) is 9.69. The van der Waals surface area contributed by atoms with Gasteiger partial charge in [0.25, 0.3) is 0 Å². The summed E-state index contributed by atoms with van der Waals surface area (Å²) in [6.45, 7) is 4.02. The van der Waals surface area contributed by atoms with Crippen molar-refractivity contribution in [2.24, 2.45) is 0 Å². The number of benzene rings is 1. The van der Waals surface area contributed by atoms with Crippen molar-refractivity contribution in [2.45, 2.75) is 57.0 Å². The molecule has 2 rings (SSSR count). The number of carbonyl (C=O) groups is 1. The van der Waals surface area contributed by atoms with Gasteiger partial charge in [0.2, 0.25) is 0 Å². The van der Waals surface area contributed by atoms with E-state index in [-0.39, 0.29) is 5.60 Å². The largest absolute Gasteiger partial charge is 0.481 e. The van der Waals surface area contributed by atoms with Crippen LogP contribution in [0.25, 0.3) is 0 Å². The van der Waals surface area contributed by atoms with Gasteiger partial charge in [-0.15, -0.1) is 0 Å². The fourth-order valence-corrected chi connectivity index (χ4v) is 3.09. The zero-order valence-electron chi connectivity index (χ0n) is 12.6. The Hall–Kier alpha value is -1.35. The van der Waals surface area contributed by atoms with E-state index in [1.165, 1.54) is 0 Å². The summed E-state index contributed by atoms with van der Waals surface area (Å²) in [5.41, 5.74) is 0.968. The Morgan fingerprint density at radius 3 is 2.15 bits per heavy atom. The van der Waals surface area contributed by atoms with Gasteiger partial charge in [0.15, 0.2) is 0 Å². The van der Waals surface area contributed by atoms with Crippen molar-refractivity contribution in [3.8, 4) is 0 Å². The van der Waals surface area contributed by atoms with Gasteiger partial charge in [-0.25, -0.2) is 0 Å². The molecule has 0 unspecified atom stereocenters. The molecule has 1 fully saturated rings. The third-order valence-corrected chi connectivity index (χ3v) is 4.76. The minimum Gasteiger partial charge on any atom is -0.481 e. The summed E-state index contributed by atoms with van der Waals surface area (Å²) in [6.07, 6.45) is 4.63. The highest BCUT2D eigenvalue weighted by Gasteiger charge is 2.41. The average Bonchev–Trinajstić information content (AvgIpc) is 2.48. The van der Waals surface area contributed by atoms with Gasteiger partial charge < -0.3 is 9.84 Å². The number of rotatable bonds is 4. The normalized spacial score (nSPS) is 18.8. The molecule has 0 atom stereocenters. The first-order valence-corrected chi connectivity index (χ1v) is 7.32. The maximum atomic E-state index is 11.8. The lowest BCUT2D eigenvalue weighted by Gasteiger charge is -2.34. The number of carboxylic acid groups (broad SMARTS) is 1. The van der Waals surface area contributed by atoms with Crippen LogP contribution in [0.15, 0.2) is 24.3 Å². The van der Waals surface area contributed by atoms with Gasteiger partial charge in [-0.1, -0.05) is 43.5 Å². The SMILES string of the molecule is COC(C)(C)c1ccc(C2(C(=O)O)CCCCC2)cc1. The topological polar surface area (TPSA) is 46.5 Å². The number of aliphatic carboxylic acids is 1. The molecular weight excluding hydrogens is 252 g/mol. The van der Waals surface area contributed by atoms with Crippen LogP contribution in [0.4, 0.5) is 0 Å². The number of hydrogen-bond donors (Lipinski definition) is 1. The van der Waals surface area contributed by atoms with Crippen LogP contribution in [-0.4, -0.2) is 18.2 Å². The van der Waals surface area contributed by atoms with Gasteiger partial charge in [-0.3, -0.25) is 4.79 Å². The van der Waals surface area contributed by atoms with Crippen molar-refractivity contribution in [3.05, 3.63) is 35.4 Å². The lowest BCUT2D eigenvalue weighted by molar-refractivity contribution is -0.145. The van der Waals surface area contributed by atoms with Crippen LogP contribution in [0, 0.1) is 0 Å². The fraction of sp³-hybridized carbons (Fsp3) is 0.588. The first kappa shape index (κ1) is 15.0. The van der Waals surface area contributed by atoms with E-state index in [4.69, 9.17) is 4.74 Å². The van der Waals surface area contributed by atoms with Crippen LogP contribution in [0.2, 0.25) is 0 Å². The van der Waals surface area contributed by atoms with Crippen LogP contribution in [0.1, 0.15) is 57.1 Å². The molecular formula is C17H24O3. The van der Waals surface area contributed by atoms with Gasteiger partial charge in [0, 0.05) is 7.11 Å². The summed E-state index contributed by atoms with van der Waals surface area (Å²) in [4.78, 5) is 11.8. The van der Waals surface area contributed by atoms with E-state index < -0.39 is 11.4 Å². The van der Waals surface area contributed by atoms with E-state index in [0.29, 0.717) is 0 Å². The lowest BCUT2D eigenvalue weighted by atomic mass is 9.69. The molecule has 0 radical (unpaired) electrons. The zero-order valence-corrected chi connectivity index (χ0v) is 12.6. The molecule has 1 aromatic rings. The van der Waals surface area contributed by atoms with Gasteiger partial charge in [-0.2, -0.15) is 0 Å². The van der Waals surface area contributed by atoms with E-state index >= 15 is 0 Å². The Bertz CT molecular complexity index is 468. The van der Waals surface area contributed by atoms with Gasteiger partial charge in [0.1, 0.15) is 0 Å². The first-order valence-electron chi connectivity index (χ1n) is 7.32. The van der Waals surface area contributed by atoms with Crippen LogP contribution >= 0.6 is 0 Å². The number of methoxy groups -OCH3 is 1. The van der Waals surface area contributed by atoms with E-state index in [9.17, 15) is 9.90 Å². The maximum Gasteiger partial charge on any atom is 0.314 e. The molecule has 1 N–H and O–H groups in total. The molecule has 0 heterocycles. The highest BCUT2D eigenvalue weighted by Crippen LogP contribution is 2.40. The standard InChI is InChI=1S/C17H24O3/c1-16(2,20-3)13-7-9-14(10-8-13)17(15(18)19)11-5-4-6-12-17/h7-10H,4-6,11-12H2,1-3H3,(H,18,19). The monoisotopic (exact) mass is 276 g/mol. The van der Waals surface area contributed by atoms with Crippen molar-refractivity contribution >= 4 is 5.97 Å². The van der Waals surface area contributed by atoms with Gasteiger partial charge >= 0.3 is 5.97 Å². The quantitative estimate of drug-likeness (QED) is 0.908. The van der Waals surface area contributed by atoms with Crippen molar-refractivity contribution in [1.29, 1.82) is 0 Å². The Labute approximate surface area is 121 Å². The summed E-state index contributed by atoms with van der Waals surface area (Å²) in [6, 6.07) is 7.93. The highest BCUT2D eigenvalue weighted by atomic mass is 16.5. The van der Waals surface area contributed by atoms with Crippen molar-refractivity contribution in [3.63, 3.8) is 0 Å². The molecule has 1 aromatic carbocycles. The van der Waals surface area contributed by atoms with E-state index in [1.54, 1.807) is 7.11 Å². The number of ether oxygens (including phenoxy) is 1.